The Morgan fingerprint density at radius 1 is 1.17 bits per heavy atom. The van der Waals surface area contributed by atoms with E-state index >= 15 is 0 Å². The first-order valence-corrected chi connectivity index (χ1v) is 13.9. The molecule has 2 aromatic carbocycles. The van der Waals surface area contributed by atoms with E-state index in [1.807, 2.05) is 39.8 Å². The van der Waals surface area contributed by atoms with Crippen LogP contribution in [0.2, 0.25) is 10.2 Å². The maximum atomic E-state index is 13.9. The Hall–Kier alpha value is -3.86. The third-order valence-electron chi connectivity index (χ3n) is 7.67. The Morgan fingerprint density at radius 3 is 2.61 bits per heavy atom. The Bertz CT molecular complexity index is 1690. The molecule has 2 heterocycles. The molecule has 1 atom stereocenters. The van der Waals surface area contributed by atoms with Crippen molar-refractivity contribution in [3.8, 4) is 11.8 Å². The molecule has 41 heavy (non-hydrogen) atoms. The van der Waals surface area contributed by atoms with Crippen molar-refractivity contribution in [3.05, 3.63) is 110 Å². The highest BCUT2D eigenvalue weighted by Crippen LogP contribution is 2.51. The van der Waals surface area contributed by atoms with Gasteiger partial charge in [0, 0.05) is 23.9 Å². The number of ketones is 1. The van der Waals surface area contributed by atoms with Crippen molar-refractivity contribution in [2.45, 2.75) is 53.1 Å². The number of ether oxygens (including phenoxy) is 1. The summed E-state index contributed by atoms with van der Waals surface area (Å²) in [6, 6.07) is 13.8. The van der Waals surface area contributed by atoms with Gasteiger partial charge < -0.3 is 10.5 Å². The number of nitrogens with two attached hydrogens (primary N) is 1. The number of nitrogens with zero attached hydrogens (tertiary/aromatic N) is 3. The SMILES string of the molecule is Cc1cc(C)c(C2C(C#N)=C(N)N(c3cccnc3Cl)C3=C2C(=O)CC(C)(C)C3)cc1COc1ccc(F)cc1Cl. The van der Waals surface area contributed by atoms with Crippen LogP contribution in [0, 0.1) is 36.4 Å². The summed E-state index contributed by atoms with van der Waals surface area (Å²) in [5.41, 5.74) is 12.0. The van der Waals surface area contributed by atoms with Crippen molar-refractivity contribution < 1.29 is 13.9 Å². The first-order chi connectivity index (χ1) is 19.4. The van der Waals surface area contributed by atoms with Crippen LogP contribution in [-0.4, -0.2) is 10.8 Å². The summed E-state index contributed by atoms with van der Waals surface area (Å²) in [6.07, 6.45) is 2.46. The van der Waals surface area contributed by atoms with E-state index in [1.54, 1.807) is 23.2 Å². The van der Waals surface area contributed by atoms with Gasteiger partial charge in [-0.2, -0.15) is 5.26 Å². The standard InChI is InChI=1S/C32H29Cl2FN4O2/c1-17-10-18(2)21(11-19(17)16-41-27-8-7-20(35)12-23(27)33)28-22(15-36)31(37)39(24-6-5-9-38-30(24)34)25-13-32(3,4)14-26(40)29(25)28/h5-12,28H,13-14,16,37H2,1-4H3. The lowest BCUT2D eigenvalue weighted by molar-refractivity contribution is -0.118. The van der Waals surface area contributed by atoms with Crippen molar-refractivity contribution in [1.82, 2.24) is 4.98 Å². The van der Waals surface area contributed by atoms with E-state index in [1.165, 1.54) is 18.2 Å². The predicted octanol–water partition coefficient (Wildman–Crippen LogP) is 7.66. The second-order valence-electron chi connectivity index (χ2n) is 11.3. The molecule has 0 saturated heterocycles. The topological polar surface area (TPSA) is 92.2 Å². The molecule has 1 aliphatic carbocycles. The molecular formula is C32H29Cl2FN4O2. The summed E-state index contributed by atoms with van der Waals surface area (Å²) in [5, 5.41) is 10.9. The lowest BCUT2D eigenvalue weighted by atomic mass is 9.68. The number of Topliss-reactive ketones (excluding diaryl/α,β-unsaturated/α-hetero) is 1. The molecule has 0 saturated carbocycles. The van der Waals surface area contributed by atoms with Gasteiger partial charge in [0.2, 0.25) is 0 Å². The van der Waals surface area contributed by atoms with Crippen LogP contribution in [0.25, 0.3) is 0 Å². The Morgan fingerprint density at radius 2 is 1.93 bits per heavy atom. The largest absolute Gasteiger partial charge is 0.487 e. The number of hydrogen-bond acceptors (Lipinski definition) is 6. The minimum atomic E-state index is -0.668. The lowest BCUT2D eigenvalue weighted by Gasteiger charge is -2.44. The fourth-order valence-electron chi connectivity index (χ4n) is 5.77. The average molecular weight is 592 g/mol. The first kappa shape index (κ1) is 28.7. The van der Waals surface area contributed by atoms with Crippen LogP contribution in [0.5, 0.6) is 5.75 Å². The van der Waals surface area contributed by atoms with E-state index < -0.39 is 11.7 Å². The number of hydrogen-bond donors (Lipinski definition) is 1. The van der Waals surface area contributed by atoms with Gasteiger partial charge in [0.25, 0.3) is 0 Å². The Labute approximate surface area is 248 Å². The summed E-state index contributed by atoms with van der Waals surface area (Å²) in [6.45, 7) is 8.15. The first-order valence-electron chi connectivity index (χ1n) is 13.2. The summed E-state index contributed by atoms with van der Waals surface area (Å²) in [5.74, 6) is -0.588. The molecule has 2 aliphatic rings. The minimum Gasteiger partial charge on any atom is -0.487 e. The maximum Gasteiger partial charge on any atom is 0.162 e. The Balaban J connectivity index is 1.66. The number of pyridine rings is 1. The van der Waals surface area contributed by atoms with E-state index in [0.29, 0.717) is 29.9 Å². The fraction of sp³-hybridized carbons (Fsp3) is 0.281. The highest BCUT2D eigenvalue weighted by molar-refractivity contribution is 6.32. The highest BCUT2D eigenvalue weighted by Gasteiger charge is 2.45. The van der Waals surface area contributed by atoms with Crippen molar-refractivity contribution in [2.24, 2.45) is 11.1 Å². The molecule has 0 bridgehead atoms. The highest BCUT2D eigenvalue weighted by atomic mass is 35.5. The number of aromatic nitrogens is 1. The number of anilines is 1. The molecule has 210 valence electrons. The van der Waals surface area contributed by atoms with Gasteiger partial charge in [-0.25, -0.2) is 9.37 Å². The molecule has 1 unspecified atom stereocenters. The van der Waals surface area contributed by atoms with Crippen molar-refractivity contribution in [2.75, 3.05) is 4.90 Å². The van der Waals surface area contributed by atoms with Gasteiger partial charge in [0.15, 0.2) is 10.9 Å². The van der Waals surface area contributed by atoms with Gasteiger partial charge in [0.1, 0.15) is 24.0 Å². The quantitative estimate of drug-likeness (QED) is 0.306. The number of aryl methyl sites for hydroxylation is 2. The molecular weight excluding hydrogens is 562 g/mol. The number of halogens is 3. The van der Waals surface area contributed by atoms with Crippen LogP contribution in [0.15, 0.2) is 71.3 Å². The molecule has 6 nitrogen and oxygen atoms in total. The van der Waals surface area contributed by atoms with Crippen LogP contribution >= 0.6 is 23.2 Å². The molecule has 2 N–H and O–H groups in total. The monoisotopic (exact) mass is 590 g/mol. The smallest absolute Gasteiger partial charge is 0.162 e. The van der Waals surface area contributed by atoms with Gasteiger partial charge in [-0.1, -0.05) is 49.2 Å². The summed E-state index contributed by atoms with van der Waals surface area (Å²) < 4.78 is 19.5. The molecule has 1 aromatic heterocycles. The third-order valence-corrected chi connectivity index (χ3v) is 8.26. The summed E-state index contributed by atoms with van der Waals surface area (Å²) >= 11 is 12.7. The third kappa shape index (κ3) is 5.30. The van der Waals surface area contributed by atoms with Gasteiger partial charge in [-0.05, 0) is 78.3 Å². The predicted molar refractivity (Wildman–Crippen MR) is 158 cm³/mol. The fourth-order valence-corrected chi connectivity index (χ4v) is 6.20. The van der Waals surface area contributed by atoms with Crippen LogP contribution < -0.4 is 15.4 Å². The van der Waals surface area contributed by atoms with E-state index in [4.69, 9.17) is 33.7 Å². The lowest BCUT2D eigenvalue weighted by Crippen LogP contribution is -2.42. The molecule has 0 amide bonds. The Kier molecular flexibility index (Phi) is 7.58. The minimum absolute atomic E-state index is 0.0395. The van der Waals surface area contributed by atoms with Crippen LogP contribution in [-0.2, 0) is 11.4 Å². The number of carbonyl (C=O) groups excluding carboxylic acids is 1. The van der Waals surface area contributed by atoms with Gasteiger partial charge in [-0.3, -0.25) is 9.69 Å². The van der Waals surface area contributed by atoms with Crippen LogP contribution in [0.1, 0.15) is 54.9 Å². The van der Waals surface area contributed by atoms with Crippen LogP contribution in [0.3, 0.4) is 0 Å². The number of benzene rings is 2. The molecule has 0 spiro atoms. The second-order valence-corrected chi connectivity index (χ2v) is 12.1. The van der Waals surface area contributed by atoms with Crippen molar-refractivity contribution >= 4 is 34.7 Å². The molecule has 0 radical (unpaired) electrons. The van der Waals surface area contributed by atoms with E-state index in [-0.39, 0.29) is 39.4 Å². The van der Waals surface area contributed by atoms with E-state index in [2.05, 4.69) is 11.1 Å². The van der Waals surface area contributed by atoms with E-state index in [0.717, 1.165) is 28.0 Å². The zero-order valence-corrected chi connectivity index (χ0v) is 24.7. The zero-order valence-electron chi connectivity index (χ0n) is 23.2. The molecule has 0 fully saturated rings. The van der Waals surface area contributed by atoms with Crippen molar-refractivity contribution in [3.63, 3.8) is 0 Å². The molecule has 1 aliphatic heterocycles. The maximum absolute atomic E-state index is 13.9. The molecule has 5 rings (SSSR count). The van der Waals surface area contributed by atoms with Gasteiger partial charge in [0.05, 0.1) is 28.3 Å². The van der Waals surface area contributed by atoms with Crippen molar-refractivity contribution in [1.29, 1.82) is 5.26 Å². The zero-order chi connectivity index (χ0) is 29.6. The average Bonchev–Trinajstić information content (AvgIpc) is 2.89. The molecule has 3 aromatic rings. The number of nitriles is 1. The number of allylic oxidation sites excluding steroid dienone is 3. The van der Waals surface area contributed by atoms with Gasteiger partial charge in [-0.15, -0.1) is 0 Å². The number of rotatable bonds is 5. The number of carbonyl (C=O) groups is 1. The second kappa shape index (κ2) is 10.8. The molecule has 9 heteroatoms. The van der Waals surface area contributed by atoms with E-state index in [9.17, 15) is 14.4 Å². The normalized spacial score (nSPS) is 18.3. The summed E-state index contributed by atoms with van der Waals surface area (Å²) in [7, 11) is 0. The van der Waals surface area contributed by atoms with Gasteiger partial charge >= 0.3 is 0 Å². The summed E-state index contributed by atoms with van der Waals surface area (Å²) in [4.78, 5) is 19.9. The van der Waals surface area contributed by atoms with Crippen LogP contribution in [0.4, 0.5) is 10.1 Å².